The van der Waals surface area contributed by atoms with Crippen LogP contribution in [0.3, 0.4) is 0 Å². The van der Waals surface area contributed by atoms with Gasteiger partial charge in [-0.15, -0.1) is 0 Å². The van der Waals surface area contributed by atoms with Crippen molar-refractivity contribution in [3.8, 4) is 5.75 Å². The highest BCUT2D eigenvalue weighted by Gasteiger charge is 2.10. The number of fused-ring (bicyclic) bond motifs is 1. The van der Waals surface area contributed by atoms with Crippen molar-refractivity contribution in [3.63, 3.8) is 0 Å². The van der Waals surface area contributed by atoms with Gasteiger partial charge in [0.2, 0.25) is 0 Å². The fourth-order valence-electron chi connectivity index (χ4n) is 2.34. The van der Waals surface area contributed by atoms with Crippen LogP contribution in [0.15, 0.2) is 53.5 Å². The molecular formula is C17H17NO. The second kappa shape index (κ2) is 5.27. The zero-order valence-electron chi connectivity index (χ0n) is 11.0. The molecule has 0 saturated heterocycles. The molecule has 0 fully saturated rings. The van der Waals surface area contributed by atoms with Gasteiger partial charge in [0, 0.05) is 12.8 Å². The van der Waals surface area contributed by atoms with Crippen LogP contribution in [0.25, 0.3) is 0 Å². The molecule has 0 spiro atoms. The standard InChI is InChI=1S/C17H17NO/c1-13(14-5-3-2-4-6-14)19-17-8-7-15-9-10-18-12-16(15)11-17/h2-8,11-13H,9-10H2,1H3. The number of aliphatic imine (C=N–C) groups is 1. The van der Waals surface area contributed by atoms with Crippen molar-refractivity contribution in [2.24, 2.45) is 4.99 Å². The Morgan fingerprint density at radius 2 is 1.95 bits per heavy atom. The molecule has 1 aliphatic rings. The molecule has 0 aromatic heterocycles. The fraction of sp³-hybridized carbons (Fsp3) is 0.235. The van der Waals surface area contributed by atoms with E-state index in [-0.39, 0.29) is 6.10 Å². The minimum Gasteiger partial charge on any atom is -0.486 e. The van der Waals surface area contributed by atoms with E-state index in [2.05, 4.69) is 42.2 Å². The zero-order chi connectivity index (χ0) is 13.1. The number of ether oxygens (including phenoxy) is 1. The van der Waals surface area contributed by atoms with Crippen LogP contribution in [0.4, 0.5) is 0 Å². The van der Waals surface area contributed by atoms with Gasteiger partial charge in [-0.25, -0.2) is 0 Å². The summed E-state index contributed by atoms with van der Waals surface area (Å²) in [7, 11) is 0. The largest absolute Gasteiger partial charge is 0.486 e. The third-order valence-corrected chi connectivity index (χ3v) is 3.44. The maximum absolute atomic E-state index is 6.00. The van der Waals surface area contributed by atoms with Crippen LogP contribution in [-0.4, -0.2) is 12.8 Å². The third-order valence-electron chi connectivity index (χ3n) is 3.44. The molecule has 0 aliphatic carbocycles. The first kappa shape index (κ1) is 12.0. The Kier molecular flexibility index (Phi) is 3.32. The first-order chi connectivity index (χ1) is 9.33. The molecule has 3 rings (SSSR count). The van der Waals surface area contributed by atoms with Gasteiger partial charge in [-0.1, -0.05) is 36.4 Å². The Hall–Kier alpha value is -2.09. The molecule has 1 aliphatic heterocycles. The Labute approximate surface area is 113 Å². The van der Waals surface area contributed by atoms with Crippen LogP contribution >= 0.6 is 0 Å². The summed E-state index contributed by atoms with van der Waals surface area (Å²) >= 11 is 0. The lowest BCUT2D eigenvalue weighted by atomic mass is 10.0. The van der Waals surface area contributed by atoms with E-state index < -0.39 is 0 Å². The van der Waals surface area contributed by atoms with Crippen molar-refractivity contribution in [2.75, 3.05) is 6.54 Å². The average Bonchev–Trinajstić information content (AvgIpc) is 2.48. The van der Waals surface area contributed by atoms with E-state index in [0.717, 1.165) is 18.7 Å². The topological polar surface area (TPSA) is 21.6 Å². The predicted octanol–water partition coefficient (Wildman–Crippen LogP) is 3.80. The predicted molar refractivity (Wildman–Crippen MR) is 78.1 cm³/mol. The number of rotatable bonds is 3. The van der Waals surface area contributed by atoms with Crippen molar-refractivity contribution in [1.29, 1.82) is 0 Å². The van der Waals surface area contributed by atoms with Crippen molar-refractivity contribution in [1.82, 2.24) is 0 Å². The molecule has 19 heavy (non-hydrogen) atoms. The molecule has 2 nitrogen and oxygen atoms in total. The molecular weight excluding hydrogens is 234 g/mol. The van der Waals surface area contributed by atoms with Crippen LogP contribution in [0.2, 0.25) is 0 Å². The van der Waals surface area contributed by atoms with Gasteiger partial charge < -0.3 is 4.74 Å². The van der Waals surface area contributed by atoms with Crippen molar-refractivity contribution < 1.29 is 4.74 Å². The maximum atomic E-state index is 6.00. The van der Waals surface area contributed by atoms with E-state index in [1.54, 1.807) is 0 Å². The van der Waals surface area contributed by atoms with Gasteiger partial charge in [-0.2, -0.15) is 0 Å². The Balaban J connectivity index is 1.79. The van der Waals surface area contributed by atoms with Crippen LogP contribution in [0.5, 0.6) is 5.75 Å². The number of nitrogens with zero attached hydrogens (tertiary/aromatic N) is 1. The average molecular weight is 251 g/mol. The van der Waals surface area contributed by atoms with E-state index in [1.165, 1.54) is 16.7 Å². The molecule has 2 heteroatoms. The van der Waals surface area contributed by atoms with Crippen molar-refractivity contribution >= 4 is 6.21 Å². The molecule has 0 radical (unpaired) electrons. The molecule has 1 heterocycles. The van der Waals surface area contributed by atoms with E-state index in [4.69, 9.17) is 4.74 Å². The molecule has 2 aromatic rings. The first-order valence-electron chi connectivity index (χ1n) is 6.67. The monoisotopic (exact) mass is 251 g/mol. The highest BCUT2D eigenvalue weighted by Crippen LogP contribution is 2.24. The normalized spacial score (nSPS) is 14.8. The van der Waals surface area contributed by atoms with E-state index in [1.807, 2.05) is 24.4 Å². The summed E-state index contributed by atoms with van der Waals surface area (Å²) in [6, 6.07) is 16.5. The highest BCUT2D eigenvalue weighted by molar-refractivity contribution is 5.83. The van der Waals surface area contributed by atoms with Gasteiger partial charge in [-0.3, -0.25) is 4.99 Å². The maximum Gasteiger partial charge on any atom is 0.121 e. The summed E-state index contributed by atoms with van der Waals surface area (Å²) in [6.07, 6.45) is 3.03. The summed E-state index contributed by atoms with van der Waals surface area (Å²) in [5.74, 6) is 0.906. The first-order valence-corrected chi connectivity index (χ1v) is 6.67. The van der Waals surface area contributed by atoms with E-state index in [0.29, 0.717) is 0 Å². The minimum absolute atomic E-state index is 0.0554. The minimum atomic E-state index is 0.0554. The summed E-state index contributed by atoms with van der Waals surface area (Å²) in [6.45, 7) is 2.97. The zero-order valence-corrected chi connectivity index (χ0v) is 11.0. The summed E-state index contributed by atoms with van der Waals surface area (Å²) in [5.41, 5.74) is 3.73. The van der Waals surface area contributed by atoms with Gasteiger partial charge in [0.15, 0.2) is 0 Å². The summed E-state index contributed by atoms with van der Waals surface area (Å²) in [4.78, 5) is 4.32. The Morgan fingerprint density at radius 1 is 1.11 bits per heavy atom. The van der Waals surface area contributed by atoms with Gasteiger partial charge >= 0.3 is 0 Å². The van der Waals surface area contributed by atoms with Gasteiger partial charge in [-0.05, 0) is 42.2 Å². The molecule has 2 aromatic carbocycles. The molecule has 0 saturated carbocycles. The summed E-state index contributed by atoms with van der Waals surface area (Å²) < 4.78 is 6.00. The van der Waals surface area contributed by atoms with Gasteiger partial charge in [0.05, 0.1) is 0 Å². The molecule has 1 atom stereocenters. The van der Waals surface area contributed by atoms with Crippen LogP contribution in [-0.2, 0) is 6.42 Å². The molecule has 0 N–H and O–H groups in total. The van der Waals surface area contributed by atoms with Crippen molar-refractivity contribution in [2.45, 2.75) is 19.4 Å². The highest BCUT2D eigenvalue weighted by atomic mass is 16.5. The van der Waals surface area contributed by atoms with E-state index >= 15 is 0 Å². The molecule has 0 bridgehead atoms. The van der Waals surface area contributed by atoms with Crippen LogP contribution < -0.4 is 4.74 Å². The lowest BCUT2D eigenvalue weighted by molar-refractivity contribution is 0.227. The number of benzene rings is 2. The fourth-order valence-corrected chi connectivity index (χ4v) is 2.34. The van der Waals surface area contributed by atoms with Gasteiger partial charge in [0.25, 0.3) is 0 Å². The third kappa shape index (κ3) is 2.68. The number of hydrogen-bond donors (Lipinski definition) is 0. The van der Waals surface area contributed by atoms with Crippen molar-refractivity contribution in [3.05, 3.63) is 65.2 Å². The molecule has 96 valence electrons. The van der Waals surface area contributed by atoms with Crippen LogP contribution in [0, 0.1) is 0 Å². The van der Waals surface area contributed by atoms with Crippen LogP contribution in [0.1, 0.15) is 29.7 Å². The smallest absolute Gasteiger partial charge is 0.121 e. The molecule has 0 amide bonds. The number of hydrogen-bond acceptors (Lipinski definition) is 2. The molecule has 1 unspecified atom stereocenters. The summed E-state index contributed by atoms with van der Waals surface area (Å²) in [5, 5.41) is 0. The SMILES string of the molecule is CC(Oc1ccc2c(c1)C=NCC2)c1ccccc1. The second-order valence-electron chi connectivity index (χ2n) is 4.82. The Morgan fingerprint density at radius 3 is 2.79 bits per heavy atom. The van der Waals surface area contributed by atoms with E-state index in [9.17, 15) is 0 Å². The van der Waals surface area contributed by atoms with Gasteiger partial charge in [0.1, 0.15) is 11.9 Å². The lowest BCUT2D eigenvalue weighted by Crippen LogP contribution is -2.06. The lowest BCUT2D eigenvalue weighted by Gasteiger charge is -2.17. The second-order valence-corrected chi connectivity index (χ2v) is 4.82. The quantitative estimate of drug-likeness (QED) is 0.813. The Bertz CT molecular complexity index is 589.